The van der Waals surface area contributed by atoms with Crippen LogP contribution in [-0.2, 0) is 9.59 Å². The minimum Gasteiger partial charge on any atom is -0.497 e. The Morgan fingerprint density at radius 2 is 1.86 bits per heavy atom. The molecule has 110 valence electrons. The summed E-state index contributed by atoms with van der Waals surface area (Å²) in [7, 11) is 1.60. The van der Waals surface area contributed by atoms with Crippen LogP contribution in [0.3, 0.4) is 0 Å². The Morgan fingerprint density at radius 3 is 2.48 bits per heavy atom. The minimum absolute atomic E-state index is 0.128. The van der Waals surface area contributed by atoms with Crippen molar-refractivity contribution in [2.45, 2.75) is 18.6 Å². The van der Waals surface area contributed by atoms with Gasteiger partial charge in [-0.2, -0.15) is 0 Å². The molecule has 2 aromatic rings. The first-order valence-electron chi connectivity index (χ1n) is 6.55. The Morgan fingerprint density at radius 1 is 1.19 bits per heavy atom. The summed E-state index contributed by atoms with van der Waals surface area (Å²) in [4.78, 5) is 22.9. The quantitative estimate of drug-likeness (QED) is 0.913. The smallest absolute Gasteiger partial charge is 0.321 e. The van der Waals surface area contributed by atoms with Gasteiger partial charge in [-0.25, -0.2) is 0 Å². The number of carbonyl (C=O) groups is 2. The van der Waals surface area contributed by atoms with Gasteiger partial charge in [0.05, 0.1) is 7.11 Å². The Hall–Kier alpha value is -2.01. The first-order chi connectivity index (χ1) is 10.0. The van der Waals surface area contributed by atoms with Crippen LogP contribution in [0.5, 0.6) is 5.75 Å². The number of carboxylic acid groups (broad SMARTS) is 1. The number of ether oxygens (including phenoxy) is 1. The lowest BCUT2D eigenvalue weighted by molar-refractivity contribution is -0.136. The van der Waals surface area contributed by atoms with Gasteiger partial charge in [0.1, 0.15) is 11.0 Å². The molecule has 4 nitrogen and oxygen atoms in total. The second-order valence-electron chi connectivity index (χ2n) is 4.53. The third-order valence-electron chi connectivity index (χ3n) is 3.14. The van der Waals surface area contributed by atoms with E-state index in [-0.39, 0.29) is 5.12 Å². The lowest BCUT2D eigenvalue weighted by atomic mass is 10.0. The summed E-state index contributed by atoms with van der Waals surface area (Å²) >= 11 is 0.859. The monoisotopic (exact) mass is 304 g/mol. The number of fused-ring (bicyclic) bond motifs is 1. The summed E-state index contributed by atoms with van der Waals surface area (Å²) in [5, 5.41) is 10.2. The second-order valence-corrected chi connectivity index (χ2v) is 5.70. The number of hydrogen-bond acceptors (Lipinski definition) is 4. The fourth-order valence-corrected chi connectivity index (χ4v) is 2.82. The van der Waals surface area contributed by atoms with E-state index in [4.69, 9.17) is 4.74 Å². The molecule has 2 rings (SSSR count). The molecule has 0 fully saturated rings. The second kappa shape index (κ2) is 6.63. The average Bonchev–Trinajstić information content (AvgIpc) is 2.50. The number of carboxylic acids is 1. The number of thioether (sulfide) groups is 1. The van der Waals surface area contributed by atoms with Crippen LogP contribution in [0.25, 0.3) is 10.8 Å². The van der Waals surface area contributed by atoms with E-state index in [1.165, 1.54) is 0 Å². The van der Waals surface area contributed by atoms with Crippen LogP contribution in [0.15, 0.2) is 36.4 Å². The van der Waals surface area contributed by atoms with Gasteiger partial charge in [-0.1, -0.05) is 36.9 Å². The van der Waals surface area contributed by atoms with Gasteiger partial charge in [-0.15, -0.1) is 0 Å². The van der Waals surface area contributed by atoms with Gasteiger partial charge in [-0.05, 0) is 34.5 Å². The van der Waals surface area contributed by atoms with Crippen LogP contribution >= 0.6 is 11.8 Å². The molecule has 0 bridgehead atoms. The summed E-state index contributed by atoms with van der Waals surface area (Å²) in [6.07, 6.45) is 0.319. The van der Waals surface area contributed by atoms with Gasteiger partial charge in [-0.3, -0.25) is 9.59 Å². The lowest BCUT2D eigenvalue weighted by Crippen LogP contribution is -2.10. The lowest BCUT2D eigenvalue weighted by Gasteiger charge is -2.12. The molecule has 0 heterocycles. The van der Waals surface area contributed by atoms with Crippen LogP contribution < -0.4 is 4.74 Å². The maximum absolute atomic E-state index is 11.5. The molecular weight excluding hydrogens is 288 g/mol. The summed E-state index contributed by atoms with van der Waals surface area (Å²) in [5.74, 6) is -0.254. The van der Waals surface area contributed by atoms with E-state index in [0.29, 0.717) is 12.0 Å². The van der Waals surface area contributed by atoms with Gasteiger partial charge in [0.25, 0.3) is 0 Å². The Balaban J connectivity index is 2.39. The van der Waals surface area contributed by atoms with Crippen molar-refractivity contribution in [1.29, 1.82) is 0 Å². The molecule has 0 aromatic heterocycles. The average molecular weight is 304 g/mol. The standard InChI is InChI=1S/C16H16O4S/c1-3-14(17)21-15(16(18)19)12-5-4-11-9-13(20-2)7-6-10(11)8-12/h4-9,15H,3H2,1-2H3,(H,18,19). The van der Waals surface area contributed by atoms with Crippen LogP contribution in [0.1, 0.15) is 24.2 Å². The van der Waals surface area contributed by atoms with E-state index in [1.807, 2.05) is 30.3 Å². The molecule has 0 aliphatic carbocycles. The molecule has 0 aliphatic heterocycles. The molecular formula is C16H16O4S. The van der Waals surface area contributed by atoms with Gasteiger partial charge in [0.2, 0.25) is 0 Å². The molecule has 1 N–H and O–H groups in total. The van der Waals surface area contributed by atoms with Crippen LogP contribution in [0, 0.1) is 0 Å². The van der Waals surface area contributed by atoms with E-state index in [9.17, 15) is 14.7 Å². The zero-order valence-corrected chi connectivity index (χ0v) is 12.6. The molecule has 2 aromatic carbocycles. The van der Waals surface area contributed by atoms with Crippen LogP contribution in [-0.4, -0.2) is 23.3 Å². The Kier molecular flexibility index (Phi) is 4.85. The molecule has 0 radical (unpaired) electrons. The van der Waals surface area contributed by atoms with E-state index >= 15 is 0 Å². The maximum atomic E-state index is 11.5. The fraction of sp³-hybridized carbons (Fsp3) is 0.250. The summed E-state index contributed by atoms with van der Waals surface area (Å²) in [5.41, 5.74) is 0.618. The molecule has 1 unspecified atom stereocenters. The highest BCUT2D eigenvalue weighted by molar-refractivity contribution is 8.14. The van der Waals surface area contributed by atoms with Crippen LogP contribution in [0.4, 0.5) is 0 Å². The minimum atomic E-state index is -1.00. The molecule has 0 saturated carbocycles. The van der Waals surface area contributed by atoms with Gasteiger partial charge >= 0.3 is 5.97 Å². The topological polar surface area (TPSA) is 63.6 Å². The highest BCUT2D eigenvalue weighted by atomic mass is 32.2. The normalized spacial score (nSPS) is 12.1. The van der Waals surface area contributed by atoms with Crippen LogP contribution in [0.2, 0.25) is 0 Å². The predicted molar refractivity (Wildman–Crippen MR) is 83.8 cm³/mol. The Bertz CT molecular complexity index is 681. The van der Waals surface area contributed by atoms with Crippen molar-refractivity contribution in [3.05, 3.63) is 42.0 Å². The maximum Gasteiger partial charge on any atom is 0.321 e. The number of carbonyl (C=O) groups excluding carboxylic acids is 1. The van der Waals surface area contributed by atoms with E-state index in [1.54, 1.807) is 20.1 Å². The van der Waals surface area contributed by atoms with Crippen molar-refractivity contribution in [3.8, 4) is 5.75 Å². The number of methoxy groups -OCH3 is 1. The van der Waals surface area contributed by atoms with E-state index in [0.717, 1.165) is 28.3 Å². The van der Waals surface area contributed by atoms with Crippen molar-refractivity contribution in [1.82, 2.24) is 0 Å². The third-order valence-corrected chi connectivity index (χ3v) is 4.40. The first kappa shape index (κ1) is 15.4. The molecule has 1 atom stereocenters. The van der Waals surface area contributed by atoms with E-state index in [2.05, 4.69) is 0 Å². The summed E-state index contributed by atoms with van der Waals surface area (Å²) in [6, 6.07) is 11.0. The molecule has 5 heteroatoms. The molecule has 21 heavy (non-hydrogen) atoms. The molecule has 0 aliphatic rings. The van der Waals surface area contributed by atoms with Crippen molar-refractivity contribution < 1.29 is 19.4 Å². The van der Waals surface area contributed by atoms with Gasteiger partial charge < -0.3 is 9.84 Å². The van der Waals surface area contributed by atoms with Crippen molar-refractivity contribution in [3.63, 3.8) is 0 Å². The highest BCUT2D eigenvalue weighted by Crippen LogP contribution is 2.33. The molecule has 0 amide bonds. The fourth-order valence-electron chi connectivity index (χ4n) is 2.01. The number of rotatable bonds is 5. The molecule has 0 saturated heterocycles. The predicted octanol–water partition coefficient (Wildman–Crippen LogP) is 3.64. The number of benzene rings is 2. The molecule has 0 spiro atoms. The zero-order chi connectivity index (χ0) is 15.4. The van der Waals surface area contributed by atoms with Crippen molar-refractivity contribution >= 4 is 33.6 Å². The zero-order valence-electron chi connectivity index (χ0n) is 11.8. The summed E-state index contributed by atoms with van der Waals surface area (Å²) in [6.45, 7) is 1.72. The number of hydrogen-bond donors (Lipinski definition) is 1. The first-order valence-corrected chi connectivity index (χ1v) is 7.43. The van der Waals surface area contributed by atoms with Crippen molar-refractivity contribution in [2.75, 3.05) is 7.11 Å². The third kappa shape index (κ3) is 3.55. The Labute approximate surface area is 127 Å². The highest BCUT2D eigenvalue weighted by Gasteiger charge is 2.23. The van der Waals surface area contributed by atoms with E-state index < -0.39 is 11.2 Å². The van der Waals surface area contributed by atoms with Gasteiger partial charge in [0, 0.05) is 6.42 Å². The number of aliphatic carboxylic acids is 1. The van der Waals surface area contributed by atoms with Crippen molar-refractivity contribution in [2.24, 2.45) is 0 Å². The SMILES string of the molecule is CCC(=O)SC(C(=O)O)c1ccc2cc(OC)ccc2c1. The summed E-state index contributed by atoms with van der Waals surface area (Å²) < 4.78 is 5.16. The largest absolute Gasteiger partial charge is 0.497 e. The van der Waals surface area contributed by atoms with Gasteiger partial charge in [0.15, 0.2) is 5.12 Å².